The van der Waals surface area contributed by atoms with E-state index in [2.05, 4.69) is 32.0 Å². The van der Waals surface area contributed by atoms with E-state index in [4.69, 9.17) is 9.47 Å². The molecule has 0 unspecified atom stereocenters. The molecule has 0 heterocycles. The van der Waals surface area contributed by atoms with Crippen molar-refractivity contribution < 1.29 is 33.9 Å². The zero-order valence-electron chi connectivity index (χ0n) is 13.1. The number of hydrogen-bond donors (Lipinski definition) is 1. The second-order valence-corrected chi connectivity index (χ2v) is 5.29. The van der Waals surface area contributed by atoms with Gasteiger partial charge in [0.15, 0.2) is 0 Å². The first kappa shape index (κ1) is 21.3. The molecule has 0 bridgehead atoms. The molecule has 0 saturated heterocycles. The average Bonchev–Trinajstić information content (AvgIpc) is 2.45. The van der Waals surface area contributed by atoms with Gasteiger partial charge in [-0.25, -0.2) is 4.79 Å². The molecular weight excluding hydrogens is 450 g/mol. The number of esters is 1. The summed E-state index contributed by atoms with van der Waals surface area (Å²) in [5, 5.41) is 2.33. The average molecular weight is 471 g/mol. The van der Waals surface area contributed by atoms with Gasteiger partial charge < -0.3 is 21.7 Å². The molecule has 1 amide bonds. The van der Waals surface area contributed by atoms with Crippen molar-refractivity contribution in [1.29, 1.82) is 0 Å². The molecule has 118 valence electrons. The number of halogens is 1. The molecule has 0 aromatic heterocycles. The van der Waals surface area contributed by atoms with Crippen LogP contribution < -0.4 is 5.32 Å². The van der Waals surface area contributed by atoms with E-state index in [1.807, 2.05) is 30.3 Å². The summed E-state index contributed by atoms with van der Waals surface area (Å²) in [6, 6.07) is 8.25. The van der Waals surface area contributed by atoms with Gasteiger partial charge in [-0.1, -0.05) is 30.3 Å². The zero-order valence-corrected chi connectivity index (χ0v) is 18.2. The molecule has 5 nitrogen and oxygen atoms in total. The van der Waals surface area contributed by atoms with Crippen LogP contribution in [0.15, 0.2) is 30.3 Å². The van der Waals surface area contributed by atoms with Crippen LogP contribution in [0, 0.1) is 6.92 Å². The molecule has 0 saturated carbocycles. The number of amides is 1. The van der Waals surface area contributed by atoms with Crippen LogP contribution in [-0.4, -0.2) is 23.7 Å². The summed E-state index contributed by atoms with van der Waals surface area (Å²) in [5.41, 5.74) is 0.239. The molecule has 0 aliphatic carbocycles. The maximum absolute atomic E-state index is 11.7. The summed E-state index contributed by atoms with van der Waals surface area (Å²) in [6.07, 6.45) is -0.700. The summed E-state index contributed by atoms with van der Waals surface area (Å²) in [4.78, 5) is 23.1. The Hall–Kier alpha value is -0.687. The normalized spacial score (nSPS) is 11.6. The van der Waals surface area contributed by atoms with E-state index in [1.165, 1.54) is 14.8 Å². The van der Waals surface area contributed by atoms with Crippen LogP contribution >= 0.6 is 19.8 Å². The number of carbonyl (C=O) groups excluding carboxylic acids is 2. The SMILES string of the molecule is [CH2-][C@@H](NC(=O)OC(C)(C)C)C(=O)OCc1ccccc1.[Zn+][I]. The van der Waals surface area contributed by atoms with Gasteiger partial charge in [0.1, 0.15) is 12.2 Å². The van der Waals surface area contributed by atoms with Crippen molar-refractivity contribution in [2.75, 3.05) is 0 Å². The van der Waals surface area contributed by atoms with Crippen molar-refractivity contribution in [3.8, 4) is 0 Å². The molecule has 7 heteroatoms. The topological polar surface area (TPSA) is 64.6 Å². The molecule has 0 fully saturated rings. The van der Waals surface area contributed by atoms with E-state index in [-0.39, 0.29) is 6.61 Å². The Morgan fingerprint density at radius 2 is 1.82 bits per heavy atom. The number of alkyl carbamates (subject to hydrolysis) is 1. The maximum atomic E-state index is 11.7. The molecule has 0 spiro atoms. The fourth-order valence-corrected chi connectivity index (χ4v) is 1.34. The van der Waals surface area contributed by atoms with Gasteiger partial charge in [-0.2, -0.15) is 0 Å². The quantitative estimate of drug-likeness (QED) is 0.317. The molecule has 22 heavy (non-hydrogen) atoms. The van der Waals surface area contributed by atoms with E-state index in [0.717, 1.165) is 5.56 Å². The Morgan fingerprint density at radius 1 is 1.27 bits per heavy atom. The Labute approximate surface area is 152 Å². The summed E-state index contributed by atoms with van der Waals surface area (Å²) in [6.45, 7) is 8.88. The van der Waals surface area contributed by atoms with E-state index in [0.29, 0.717) is 0 Å². The van der Waals surface area contributed by atoms with Crippen LogP contribution in [0.1, 0.15) is 26.3 Å². The van der Waals surface area contributed by atoms with Gasteiger partial charge in [-0.3, -0.25) is 4.79 Å². The molecule has 1 aromatic rings. The molecule has 0 aliphatic rings. The fraction of sp³-hybridized carbons (Fsp3) is 0.400. The van der Waals surface area contributed by atoms with Gasteiger partial charge in [0.2, 0.25) is 0 Å². The van der Waals surface area contributed by atoms with Gasteiger partial charge in [0.05, 0.1) is 0 Å². The van der Waals surface area contributed by atoms with E-state index < -0.39 is 23.7 Å². The first-order valence-corrected chi connectivity index (χ1v) is 15.6. The second kappa shape index (κ2) is 10.9. The number of hydrogen-bond acceptors (Lipinski definition) is 4. The van der Waals surface area contributed by atoms with Crippen molar-refractivity contribution in [2.24, 2.45) is 0 Å². The first-order valence-electron chi connectivity index (χ1n) is 6.58. The van der Waals surface area contributed by atoms with Crippen molar-refractivity contribution in [1.82, 2.24) is 5.32 Å². The summed E-state index contributed by atoms with van der Waals surface area (Å²) < 4.78 is 10.1. The van der Waals surface area contributed by atoms with Crippen LogP contribution in [0.4, 0.5) is 4.79 Å². The first-order chi connectivity index (χ1) is 10.3. The number of ether oxygens (including phenoxy) is 2. The van der Waals surface area contributed by atoms with E-state index >= 15 is 0 Å². The number of rotatable bonds is 4. The Bertz CT molecular complexity index is 462. The molecule has 1 aromatic carbocycles. The third-order valence-electron chi connectivity index (χ3n) is 2.20. The van der Waals surface area contributed by atoms with Gasteiger partial charge in [-0.15, -0.1) is 0 Å². The van der Waals surface area contributed by atoms with Gasteiger partial charge in [-0.05, 0) is 26.3 Å². The fourth-order valence-electron chi connectivity index (χ4n) is 1.34. The Balaban J connectivity index is 0.00000211. The van der Waals surface area contributed by atoms with Gasteiger partial charge in [0, 0.05) is 6.04 Å². The van der Waals surface area contributed by atoms with Crippen molar-refractivity contribution in [2.45, 2.75) is 39.0 Å². The Morgan fingerprint density at radius 3 is 2.32 bits per heavy atom. The molecule has 1 rings (SSSR count). The number of carbonyl (C=O) groups is 2. The van der Waals surface area contributed by atoms with Crippen LogP contribution in [-0.2, 0) is 35.7 Å². The van der Waals surface area contributed by atoms with Crippen LogP contribution in [0.2, 0.25) is 0 Å². The van der Waals surface area contributed by atoms with E-state index in [1.54, 1.807) is 20.8 Å². The summed E-state index contributed by atoms with van der Waals surface area (Å²) >= 11 is 3.62. The van der Waals surface area contributed by atoms with Crippen LogP contribution in [0.5, 0.6) is 0 Å². The zero-order chi connectivity index (χ0) is 17.2. The van der Waals surface area contributed by atoms with Crippen molar-refractivity contribution in [3.05, 3.63) is 42.8 Å². The van der Waals surface area contributed by atoms with Gasteiger partial charge >= 0.3 is 40.6 Å². The minimum absolute atomic E-state index is 0.141. The molecule has 1 N–H and O–H groups in total. The van der Waals surface area contributed by atoms with Gasteiger partial charge in [0.25, 0.3) is 5.97 Å². The van der Waals surface area contributed by atoms with Crippen molar-refractivity contribution >= 4 is 31.8 Å². The van der Waals surface area contributed by atoms with Crippen LogP contribution in [0.3, 0.4) is 0 Å². The molecule has 0 radical (unpaired) electrons. The number of nitrogens with one attached hydrogen (secondary N) is 1. The third kappa shape index (κ3) is 10.1. The summed E-state index contributed by atoms with van der Waals surface area (Å²) in [5.74, 6) is -0.611. The third-order valence-corrected chi connectivity index (χ3v) is 2.20. The predicted molar refractivity (Wildman–Crippen MR) is 88.8 cm³/mol. The molecule has 1 atom stereocenters. The molecule has 0 aliphatic heterocycles. The standard InChI is InChI=1S/C15H20NO4.HI.Zn/c1-11(16-14(18)20-15(2,3)4)13(17)19-10-12-8-6-5-7-9-12;;/h5-9,11H,1,10H2,2-4H3,(H,16,18);1H;/q-1;;+2/p-1/t11-;;/m1../s1. The Kier molecular flexibility index (Phi) is 10.6. The van der Waals surface area contributed by atoms with E-state index in [9.17, 15) is 9.59 Å². The van der Waals surface area contributed by atoms with Crippen molar-refractivity contribution in [3.63, 3.8) is 0 Å². The predicted octanol–water partition coefficient (Wildman–Crippen LogP) is 3.34. The van der Waals surface area contributed by atoms with Crippen LogP contribution in [0.25, 0.3) is 0 Å². The summed E-state index contributed by atoms with van der Waals surface area (Å²) in [7, 11) is 0. The number of benzene rings is 1. The monoisotopic (exact) mass is 469 g/mol. The minimum atomic E-state index is -1.01. The second-order valence-electron chi connectivity index (χ2n) is 5.29. The molecular formula is C15H20INO4Zn.